The van der Waals surface area contributed by atoms with E-state index in [2.05, 4.69) is 11.1 Å². The minimum Gasteiger partial charge on any atom is -0.387 e. The van der Waals surface area contributed by atoms with Crippen LogP contribution < -0.4 is 5.73 Å². The number of pyridine rings is 1. The van der Waals surface area contributed by atoms with E-state index in [-0.39, 0.29) is 5.92 Å². The Morgan fingerprint density at radius 2 is 2.00 bits per heavy atom. The van der Waals surface area contributed by atoms with Gasteiger partial charge in [-0.15, -0.1) is 11.3 Å². The van der Waals surface area contributed by atoms with Crippen molar-refractivity contribution in [2.75, 3.05) is 6.54 Å². The van der Waals surface area contributed by atoms with Crippen LogP contribution in [0.4, 0.5) is 0 Å². The lowest BCUT2D eigenvalue weighted by Gasteiger charge is -2.20. The summed E-state index contributed by atoms with van der Waals surface area (Å²) in [6.07, 6.45) is 7.85. The molecule has 3 nitrogen and oxygen atoms in total. The quantitative estimate of drug-likeness (QED) is 0.909. The van der Waals surface area contributed by atoms with E-state index in [4.69, 9.17) is 5.73 Å². The van der Waals surface area contributed by atoms with Gasteiger partial charge < -0.3 is 10.8 Å². The van der Waals surface area contributed by atoms with Gasteiger partial charge in [0.25, 0.3) is 0 Å². The van der Waals surface area contributed by atoms with E-state index >= 15 is 0 Å². The summed E-state index contributed by atoms with van der Waals surface area (Å²) < 4.78 is 0. The van der Waals surface area contributed by atoms with Crippen molar-refractivity contribution in [3.63, 3.8) is 0 Å². The number of hydrogen-bond donors (Lipinski definition) is 2. The van der Waals surface area contributed by atoms with E-state index in [1.165, 1.54) is 23.3 Å². The van der Waals surface area contributed by atoms with E-state index < -0.39 is 6.10 Å². The maximum atomic E-state index is 10.7. The average Bonchev–Trinajstić information content (AvgIpc) is 2.93. The Kier molecular flexibility index (Phi) is 4.15. The minimum atomic E-state index is -0.516. The van der Waals surface area contributed by atoms with Crippen LogP contribution in [0.2, 0.25) is 0 Å². The monoisotopic (exact) mass is 288 g/mol. The van der Waals surface area contributed by atoms with Gasteiger partial charge in [-0.1, -0.05) is 0 Å². The molecule has 0 bridgehead atoms. The normalized spacial score (nSPS) is 17.5. The van der Waals surface area contributed by atoms with Crippen molar-refractivity contribution in [2.45, 2.75) is 37.7 Å². The number of aromatic nitrogens is 1. The van der Waals surface area contributed by atoms with E-state index in [0.717, 1.165) is 23.3 Å². The van der Waals surface area contributed by atoms with Crippen LogP contribution in [0.3, 0.4) is 0 Å². The minimum absolute atomic E-state index is 0.0573. The van der Waals surface area contributed by atoms with Gasteiger partial charge in [-0.05, 0) is 55.0 Å². The van der Waals surface area contributed by atoms with Crippen LogP contribution in [0.15, 0.2) is 30.6 Å². The Morgan fingerprint density at radius 1 is 1.25 bits per heavy atom. The summed E-state index contributed by atoms with van der Waals surface area (Å²) in [5, 5.41) is 10.7. The van der Waals surface area contributed by atoms with Crippen molar-refractivity contribution in [1.29, 1.82) is 0 Å². The molecule has 0 aliphatic heterocycles. The third-order valence-corrected chi connectivity index (χ3v) is 5.38. The molecule has 0 aromatic carbocycles. The van der Waals surface area contributed by atoms with Crippen molar-refractivity contribution in [3.05, 3.63) is 51.5 Å². The summed E-state index contributed by atoms with van der Waals surface area (Å²) in [6.45, 7) is 0.438. The molecule has 2 aromatic heterocycles. The highest BCUT2D eigenvalue weighted by Gasteiger charge is 2.25. The summed E-state index contributed by atoms with van der Waals surface area (Å²) in [4.78, 5) is 6.54. The first-order chi connectivity index (χ1) is 9.79. The number of aliphatic hydroxyl groups is 1. The predicted molar refractivity (Wildman–Crippen MR) is 82.0 cm³/mol. The van der Waals surface area contributed by atoms with E-state index in [1.807, 2.05) is 12.1 Å². The zero-order valence-electron chi connectivity index (χ0n) is 11.5. The van der Waals surface area contributed by atoms with Crippen LogP contribution in [0, 0.1) is 0 Å². The molecule has 20 heavy (non-hydrogen) atoms. The summed E-state index contributed by atoms with van der Waals surface area (Å²) >= 11 is 1.76. The molecule has 106 valence electrons. The highest BCUT2D eigenvalue weighted by atomic mass is 32.1. The third-order valence-electron chi connectivity index (χ3n) is 4.08. The SMILES string of the molecule is NCC(c1ccncc1)C(O)c1cc2c(s1)CCCC2. The first-order valence-electron chi connectivity index (χ1n) is 7.19. The highest BCUT2D eigenvalue weighted by molar-refractivity contribution is 7.12. The molecule has 0 spiro atoms. The summed E-state index contributed by atoms with van der Waals surface area (Å²) in [5.41, 5.74) is 8.38. The fourth-order valence-electron chi connectivity index (χ4n) is 2.92. The van der Waals surface area contributed by atoms with Crippen molar-refractivity contribution in [1.82, 2.24) is 4.98 Å². The molecule has 0 saturated heterocycles. The van der Waals surface area contributed by atoms with Gasteiger partial charge >= 0.3 is 0 Å². The van der Waals surface area contributed by atoms with Crippen molar-refractivity contribution in [3.8, 4) is 0 Å². The Bertz CT molecular complexity index is 544. The lowest BCUT2D eigenvalue weighted by atomic mass is 9.92. The van der Waals surface area contributed by atoms with Gasteiger partial charge in [-0.3, -0.25) is 4.98 Å². The fourth-order valence-corrected chi connectivity index (χ4v) is 4.22. The molecule has 1 aliphatic carbocycles. The number of fused-ring (bicyclic) bond motifs is 1. The van der Waals surface area contributed by atoms with Crippen LogP contribution >= 0.6 is 11.3 Å². The molecule has 0 fully saturated rings. The van der Waals surface area contributed by atoms with Gasteiger partial charge in [0.1, 0.15) is 0 Å². The van der Waals surface area contributed by atoms with Gasteiger partial charge in [0.05, 0.1) is 6.10 Å². The maximum Gasteiger partial charge on any atom is 0.0962 e. The number of nitrogens with two attached hydrogens (primary N) is 1. The second-order valence-corrected chi connectivity index (χ2v) is 6.54. The second-order valence-electron chi connectivity index (χ2n) is 5.37. The average molecular weight is 288 g/mol. The van der Waals surface area contributed by atoms with E-state index in [9.17, 15) is 5.11 Å². The standard InChI is InChI=1S/C16H20N2OS/c17-10-13(11-5-7-18-8-6-11)16(19)15-9-12-3-1-2-4-14(12)20-15/h5-9,13,16,19H,1-4,10,17H2. The van der Waals surface area contributed by atoms with Crippen LogP contribution in [0.25, 0.3) is 0 Å². The molecular weight excluding hydrogens is 268 g/mol. The zero-order valence-corrected chi connectivity index (χ0v) is 12.3. The molecule has 1 aliphatic rings. The zero-order chi connectivity index (χ0) is 13.9. The third kappa shape index (κ3) is 2.64. The van der Waals surface area contributed by atoms with Gasteiger partial charge in [-0.2, -0.15) is 0 Å². The molecule has 3 N–H and O–H groups in total. The fraction of sp³-hybridized carbons (Fsp3) is 0.438. The topological polar surface area (TPSA) is 59.1 Å². The number of nitrogens with zero attached hydrogens (tertiary/aromatic N) is 1. The molecule has 2 aromatic rings. The predicted octanol–water partition coefficient (Wildman–Crippen LogP) is 2.80. The van der Waals surface area contributed by atoms with Gasteiger partial charge in [0.2, 0.25) is 0 Å². The lowest BCUT2D eigenvalue weighted by Crippen LogP contribution is -2.19. The molecular formula is C16H20N2OS. The molecule has 3 rings (SSSR count). The molecule has 0 amide bonds. The van der Waals surface area contributed by atoms with Crippen molar-refractivity contribution >= 4 is 11.3 Å². The molecule has 4 heteroatoms. The lowest BCUT2D eigenvalue weighted by molar-refractivity contribution is 0.151. The first-order valence-corrected chi connectivity index (χ1v) is 8.00. The van der Waals surface area contributed by atoms with Crippen LogP contribution in [0.5, 0.6) is 0 Å². The Hall–Kier alpha value is -1.23. The molecule has 2 heterocycles. The highest BCUT2D eigenvalue weighted by Crippen LogP contribution is 2.38. The summed E-state index contributed by atoms with van der Waals surface area (Å²) in [5.74, 6) is -0.0573. The number of aryl methyl sites for hydroxylation is 2. The molecule has 2 unspecified atom stereocenters. The van der Waals surface area contributed by atoms with Crippen molar-refractivity contribution in [2.24, 2.45) is 5.73 Å². The smallest absolute Gasteiger partial charge is 0.0962 e. The summed E-state index contributed by atoms with van der Waals surface area (Å²) in [7, 11) is 0. The van der Waals surface area contributed by atoms with Gasteiger partial charge in [0.15, 0.2) is 0 Å². The maximum absolute atomic E-state index is 10.7. The largest absolute Gasteiger partial charge is 0.387 e. The van der Waals surface area contributed by atoms with Gasteiger partial charge in [0, 0.05) is 34.6 Å². The second kappa shape index (κ2) is 6.04. The number of rotatable bonds is 4. The number of hydrogen-bond acceptors (Lipinski definition) is 4. The Labute approximate surface area is 123 Å². The molecule has 2 atom stereocenters. The first kappa shape index (κ1) is 13.7. The van der Waals surface area contributed by atoms with Crippen molar-refractivity contribution < 1.29 is 5.11 Å². The number of thiophene rings is 1. The van der Waals surface area contributed by atoms with Gasteiger partial charge in [-0.25, -0.2) is 0 Å². The van der Waals surface area contributed by atoms with E-state index in [0.29, 0.717) is 6.54 Å². The molecule has 0 saturated carbocycles. The van der Waals surface area contributed by atoms with Crippen LogP contribution in [0.1, 0.15) is 45.7 Å². The van der Waals surface area contributed by atoms with Crippen LogP contribution in [-0.2, 0) is 12.8 Å². The Morgan fingerprint density at radius 3 is 2.70 bits per heavy atom. The van der Waals surface area contributed by atoms with Crippen LogP contribution in [-0.4, -0.2) is 16.6 Å². The number of aliphatic hydroxyl groups excluding tert-OH is 1. The molecule has 0 radical (unpaired) electrons. The Balaban J connectivity index is 1.86. The summed E-state index contributed by atoms with van der Waals surface area (Å²) in [6, 6.07) is 6.07. The van der Waals surface area contributed by atoms with E-state index in [1.54, 1.807) is 23.7 Å².